The van der Waals surface area contributed by atoms with Crippen LogP contribution < -0.4 is 9.47 Å². The van der Waals surface area contributed by atoms with Gasteiger partial charge in [-0.25, -0.2) is 4.79 Å². The fourth-order valence-corrected chi connectivity index (χ4v) is 7.68. The number of esters is 1. The number of aryl methyl sites for hydroxylation is 1. The first kappa shape index (κ1) is 33.6. The van der Waals surface area contributed by atoms with E-state index < -0.39 is 0 Å². The van der Waals surface area contributed by atoms with Crippen LogP contribution in [0, 0.1) is 23.7 Å². The van der Waals surface area contributed by atoms with E-state index in [-0.39, 0.29) is 5.97 Å². The molecule has 2 fully saturated rings. The molecule has 0 radical (unpaired) electrons. The van der Waals surface area contributed by atoms with Gasteiger partial charge in [-0.15, -0.1) is 0 Å². The number of carbonyl (C=O) groups excluding carboxylic acids is 1. The first-order valence-electron chi connectivity index (χ1n) is 18.2. The van der Waals surface area contributed by atoms with Crippen molar-refractivity contribution in [2.75, 3.05) is 6.61 Å². The molecule has 0 spiro atoms. The zero-order valence-electron chi connectivity index (χ0n) is 27.5. The highest BCUT2D eigenvalue weighted by atomic mass is 16.5. The van der Waals surface area contributed by atoms with Crippen LogP contribution in [0.2, 0.25) is 0 Å². The Morgan fingerprint density at radius 1 is 0.628 bits per heavy atom. The van der Waals surface area contributed by atoms with Gasteiger partial charge in [0.25, 0.3) is 0 Å². The van der Waals surface area contributed by atoms with E-state index in [9.17, 15) is 4.79 Å². The minimum Gasteiger partial charge on any atom is -0.494 e. The highest BCUT2D eigenvalue weighted by Gasteiger charge is 2.24. The van der Waals surface area contributed by atoms with Crippen molar-refractivity contribution < 1.29 is 14.3 Å². The van der Waals surface area contributed by atoms with Gasteiger partial charge in [0, 0.05) is 0 Å². The number of hydrogen-bond donors (Lipinski definition) is 0. The summed E-state index contributed by atoms with van der Waals surface area (Å²) in [6, 6.07) is 15.5. The van der Waals surface area contributed by atoms with E-state index >= 15 is 0 Å². The Labute approximate surface area is 263 Å². The molecule has 2 saturated carbocycles. The van der Waals surface area contributed by atoms with E-state index in [1.807, 2.05) is 36.4 Å². The molecule has 0 saturated heterocycles. The van der Waals surface area contributed by atoms with E-state index in [1.165, 1.54) is 121 Å². The summed E-state index contributed by atoms with van der Waals surface area (Å²) in [6.45, 7) is 5.34. The minimum atomic E-state index is -0.318. The van der Waals surface area contributed by atoms with Crippen LogP contribution >= 0.6 is 0 Å². The molecule has 0 bridgehead atoms. The zero-order valence-corrected chi connectivity index (χ0v) is 27.5. The fourth-order valence-electron chi connectivity index (χ4n) is 7.68. The third-order valence-corrected chi connectivity index (χ3v) is 10.5. The van der Waals surface area contributed by atoms with E-state index in [4.69, 9.17) is 9.47 Å². The summed E-state index contributed by atoms with van der Waals surface area (Å²) in [6.07, 6.45) is 27.2. The molecule has 2 atom stereocenters. The van der Waals surface area contributed by atoms with Crippen LogP contribution in [-0.4, -0.2) is 12.6 Å². The summed E-state index contributed by atoms with van der Waals surface area (Å²) in [5.74, 6) is 4.77. The number of rotatable bonds is 18. The normalized spacial score (nSPS) is 22.3. The smallest absolute Gasteiger partial charge is 0.343 e. The van der Waals surface area contributed by atoms with Crippen LogP contribution in [0.1, 0.15) is 152 Å². The Morgan fingerprint density at radius 2 is 1.19 bits per heavy atom. The molecule has 0 aliphatic heterocycles. The minimum absolute atomic E-state index is 0.318. The van der Waals surface area contributed by atoms with Gasteiger partial charge in [-0.2, -0.15) is 0 Å². The first-order chi connectivity index (χ1) is 21.1. The predicted molar refractivity (Wildman–Crippen MR) is 180 cm³/mol. The highest BCUT2D eigenvalue weighted by Crippen LogP contribution is 2.37. The average molecular weight is 589 g/mol. The second kappa shape index (κ2) is 19.2. The van der Waals surface area contributed by atoms with Crippen molar-refractivity contribution in [1.29, 1.82) is 0 Å². The Morgan fingerprint density at radius 3 is 1.81 bits per heavy atom. The molecule has 238 valence electrons. The Balaban J connectivity index is 1.12. The van der Waals surface area contributed by atoms with Crippen molar-refractivity contribution in [3.05, 3.63) is 59.7 Å². The maximum Gasteiger partial charge on any atom is 0.343 e. The van der Waals surface area contributed by atoms with Crippen molar-refractivity contribution >= 4 is 5.97 Å². The molecule has 0 amide bonds. The van der Waals surface area contributed by atoms with Crippen molar-refractivity contribution in [2.24, 2.45) is 23.7 Å². The fraction of sp³-hybridized carbons (Fsp3) is 0.675. The second-order valence-corrected chi connectivity index (χ2v) is 13.8. The lowest BCUT2D eigenvalue weighted by atomic mass is 9.74. The van der Waals surface area contributed by atoms with Crippen LogP contribution in [0.5, 0.6) is 11.5 Å². The molecule has 2 aliphatic carbocycles. The van der Waals surface area contributed by atoms with Crippen LogP contribution in [0.25, 0.3) is 0 Å². The number of hydrogen-bond acceptors (Lipinski definition) is 3. The molecule has 3 nitrogen and oxygen atoms in total. The van der Waals surface area contributed by atoms with E-state index in [1.54, 1.807) is 0 Å². The number of ether oxygens (including phenoxy) is 2. The largest absolute Gasteiger partial charge is 0.494 e. The van der Waals surface area contributed by atoms with Crippen molar-refractivity contribution in [2.45, 2.75) is 142 Å². The van der Waals surface area contributed by atoms with Gasteiger partial charge in [0.15, 0.2) is 0 Å². The molecule has 0 heterocycles. The van der Waals surface area contributed by atoms with Gasteiger partial charge in [-0.3, -0.25) is 0 Å². The summed E-state index contributed by atoms with van der Waals surface area (Å²) in [4.78, 5) is 12.7. The van der Waals surface area contributed by atoms with Gasteiger partial charge in [-0.05, 0) is 91.3 Å². The third kappa shape index (κ3) is 12.0. The van der Waals surface area contributed by atoms with E-state index in [0.717, 1.165) is 48.9 Å². The molecule has 43 heavy (non-hydrogen) atoms. The second-order valence-electron chi connectivity index (χ2n) is 13.8. The third-order valence-electron chi connectivity index (χ3n) is 10.5. The number of benzene rings is 2. The molecule has 4 rings (SSSR count). The molecule has 2 aliphatic rings. The Hall–Kier alpha value is -2.29. The van der Waals surface area contributed by atoms with Gasteiger partial charge >= 0.3 is 5.97 Å². The topological polar surface area (TPSA) is 35.5 Å². The van der Waals surface area contributed by atoms with Gasteiger partial charge < -0.3 is 9.47 Å². The summed E-state index contributed by atoms with van der Waals surface area (Å²) in [5, 5.41) is 0. The summed E-state index contributed by atoms with van der Waals surface area (Å²) in [5.41, 5.74) is 1.89. The maximum atomic E-state index is 12.7. The predicted octanol–water partition coefficient (Wildman–Crippen LogP) is 11.8. The lowest BCUT2D eigenvalue weighted by Gasteiger charge is -2.31. The zero-order chi connectivity index (χ0) is 30.1. The van der Waals surface area contributed by atoms with Crippen LogP contribution in [0.4, 0.5) is 0 Å². The monoisotopic (exact) mass is 588 g/mol. The quantitative estimate of drug-likeness (QED) is 0.0987. The Kier molecular flexibility index (Phi) is 15.0. The molecule has 0 aromatic heterocycles. The molecule has 2 unspecified atom stereocenters. The van der Waals surface area contributed by atoms with Gasteiger partial charge in [0.2, 0.25) is 0 Å². The summed E-state index contributed by atoms with van der Waals surface area (Å²) >= 11 is 0. The highest BCUT2D eigenvalue weighted by molar-refractivity contribution is 5.91. The van der Waals surface area contributed by atoms with Gasteiger partial charge in [0.1, 0.15) is 11.5 Å². The van der Waals surface area contributed by atoms with Crippen LogP contribution in [0.15, 0.2) is 48.5 Å². The Bertz CT molecular complexity index is 1020. The van der Waals surface area contributed by atoms with Crippen LogP contribution in [0.3, 0.4) is 0 Å². The lowest BCUT2D eigenvalue weighted by molar-refractivity contribution is 0.0734. The van der Waals surface area contributed by atoms with E-state index in [2.05, 4.69) is 26.0 Å². The van der Waals surface area contributed by atoms with Gasteiger partial charge in [0.05, 0.1) is 12.2 Å². The summed E-state index contributed by atoms with van der Waals surface area (Å²) in [7, 11) is 0. The maximum absolute atomic E-state index is 12.7. The van der Waals surface area contributed by atoms with Crippen LogP contribution in [-0.2, 0) is 6.42 Å². The standard InChI is InChI=1S/C40H60O3/c1-3-5-7-12-32-17-19-33(20-18-32)21-22-34-23-27-39(28-24-34)43-40(41)37-25-29-38(30-26-37)42-31-11-16-36-15-10-9-14-35(36)13-8-6-4-2/h23-30,32-33,35-36H,3-22,31H2,1-2H3. The molecular weight excluding hydrogens is 528 g/mol. The van der Waals surface area contributed by atoms with Crippen molar-refractivity contribution in [1.82, 2.24) is 0 Å². The number of unbranched alkanes of at least 4 members (excludes halogenated alkanes) is 4. The SMILES string of the molecule is CCCCCC1CCC(CCc2ccc(OC(=O)c3ccc(OCCCC4CCCCC4CCCCC)cc3)cc2)CC1. The molecular formula is C40H60O3. The van der Waals surface area contributed by atoms with E-state index in [0.29, 0.717) is 11.3 Å². The van der Waals surface area contributed by atoms with Crippen molar-refractivity contribution in [3.8, 4) is 11.5 Å². The van der Waals surface area contributed by atoms with Gasteiger partial charge in [-0.1, -0.05) is 129 Å². The summed E-state index contributed by atoms with van der Waals surface area (Å²) < 4.78 is 11.7. The first-order valence-corrected chi connectivity index (χ1v) is 18.2. The molecule has 3 heteroatoms. The lowest BCUT2D eigenvalue weighted by Crippen LogP contribution is -2.20. The molecule has 0 N–H and O–H groups in total. The average Bonchev–Trinajstić information content (AvgIpc) is 3.04. The van der Waals surface area contributed by atoms with Crippen molar-refractivity contribution in [3.63, 3.8) is 0 Å². The number of carbonyl (C=O) groups is 1. The molecule has 2 aromatic rings. The molecule has 2 aromatic carbocycles.